The number of phenolic OH excluding ortho intramolecular Hbond substituents is 1. The van der Waals surface area contributed by atoms with Gasteiger partial charge in [0, 0.05) is 37.6 Å². The summed E-state index contributed by atoms with van der Waals surface area (Å²) in [6, 6.07) is 6.77. The molecule has 0 aliphatic carbocycles. The lowest BCUT2D eigenvalue weighted by Crippen LogP contribution is -2.26. The average Bonchev–Trinajstić information content (AvgIpc) is 2.47. The van der Waals surface area contributed by atoms with Gasteiger partial charge in [0.15, 0.2) is 0 Å². The number of carbonyl (C=O) groups is 1. The fraction of sp³-hybridized carbons (Fsp3) is 0.286. The van der Waals surface area contributed by atoms with Crippen LogP contribution in [0.15, 0.2) is 30.5 Å². The molecule has 0 spiro atoms. The van der Waals surface area contributed by atoms with Crippen molar-refractivity contribution >= 4 is 22.5 Å². The number of pyridine rings is 1. The van der Waals surface area contributed by atoms with Crippen molar-refractivity contribution < 1.29 is 9.90 Å². The molecule has 6 heteroatoms. The van der Waals surface area contributed by atoms with E-state index in [1.807, 2.05) is 6.07 Å². The Kier molecular flexibility index (Phi) is 4.86. The lowest BCUT2D eigenvalue weighted by atomic mass is 10.1. The summed E-state index contributed by atoms with van der Waals surface area (Å²) < 4.78 is 0. The van der Waals surface area contributed by atoms with Gasteiger partial charge in [0.1, 0.15) is 11.3 Å². The maximum atomic E-state index is 11.8. The quantitative estimate of drug-likeness (QED) is 0.461. The Morgan fingerprint density at radius 1 is 1.30 bits per heavy atom. The Hall–Kier alpha value is -2.18. The second-order valence-electron chi connectivity index (χ2n) is 4.37. The van der Waals surface area contributed by atoms with E-state index in [1.54, 1.807) is 18.3 Å². The molecule has 6 nitrogen and oxygen atoms in total. The van der Waals surface area contributed by atoms with Gasteiger partial charge >= 0.3 is 0 Å². The molecule has 0 aliphatic rings. The standard InChI is InChI=1S/C14H18N4O2/c15-6-9-16-8-5-13(20)18-11-3-4-12(19)14-10(11)2-1-7-17-14/h1-4,7,16,19H,5-6,8-9,15H2,(H,18,20). The Bertz CT molecular complexity index is 601. The van der Waals surface area contributed by atoms with Crippen molar-refractivity contribution in [2.24, 2.45) is 5.73 Å². The van der Waals surface area contributed by atoms with Gasteiger partial charge in [-0.3, -0.25) is 9.78 Å². The van der Waals surface area contributed by atoms with Gasteiger partial charge in [0.2, 0.25) is 5.91 Å². The zero-order valence-corrected chi connectivity index (χ0v) is 11.1. The molecule has 2 aromatic rings. The molecular weight excluding hydrogens is 256 g/mol. The van der Waals surface area contributed by atoms with E-state index in [9.17, 15) is 9.90 Å². The number of phenols is 1. The number of aromatic nitrogens is 1. The predicted molar refractivity (Wildman–Crippen MR) is 78.6 cm³/mol. The number of benzene rings is 1. The highest BCUT2D eigenvalue weighted by Gasteiger charge is 2.08. The molecule has 1 amide bonds. The molecule has 0 fully saturated rings. The van der Waals surface area contributed by atoms with Gasteiger partial charge < -0.3 is 21.5 Å². The van der Waals surface area contributed by atoms with Crippen LogP contribution in [0.5, 0.6) is 5.75 Å². The molecule has 1 heterocycles. The molecule has 20 heavy (non-hydrogen) atoms. The molecule has 0 saturated carbocycles. The lowest BCUT2D eigenvalue weighted by Gasteiger charge is -2.09. The highest BCUT2D eigenvalue weighted by atomic mass is 16.3. The summed E-state index contributed by atoms with van der Waals surface area (Å²) in [6.45, 7) is 1.83. The van der Waals surface area contributed by atoms with Crippen molar-refractivity contribution in [2.75, 3.05) is 25.0 Å². The van der Waals surface area contributed by atoms with E-state index < -0.39 is 0 Å². The van der Waals surface area contributed by atoms with Gasteiger partial charge in [-0.2, -0.15) is 0 Å². The summed E-state index contributed by atoms with van der Waals surface area (Å²) >= 11 is 0. The Labute approximate surface area is 117 Å². The summed E-state index contributed by atoms with van der Waals surface area (Å²) in [6.07, 6.45) is 1.97. The average molecular weight is 274 g/mol. The number of fused-ring (bicyclic) bond motifs is 1. The third kappa shape index (κ3) is 3.43. The van der Waals surface area contributed by atoms with Gasteiger partial charge in [0.25, 0.3) is 0 Å². The molecule has 5 N–H and O–H groups in total. The number of nitrogens with two attached hydrogens (primary N) is 1. The third-order valence-corrected chi connectivity index (χ3v) is 2.87. The van der Waals surface area contributed by atoms with E-state index in [1.165, 1.54) is 6.07 Å². The summed E-state index contributed by atoms with van der Waals surface area (Å²) in [4.78, 5) is 15.9. The summed E-state index contributed by atoms with van der Waals surface area (Å²) in [5, 5.41) is 16.3. The van der Waals surface area contributed by atoms with Crippen molar-refractivity contribution in [3.63, 3.8) is 0 Å². The Balaban J connectivity index is 2.06. The van der Waals surface area contributed by atoms with Gasteiger partial charge in [-0.25, -0.2) is 0 Å². The number of aromatic hydroxyl groups is 1. The van der Waals surface area contributed by atoms with Crippen LogP contribution in [0.25, 0.3) is 10.9 Å². The number of nitrogens with one attached hydrogen (secondary N) is 2. The number of hydrogen-bond donors (Lipinski definition) is 4. The minimum Gasteiger partial charge on any atom is -0.506 e. The maximum absolute atomic E-state index is 11.8. The number of rotatable bonds is 6. The second kappa shape index (κ2) is 6.83. The molecule has 1 aromatic carbocycles. The molecule has 0 atom stereocenters. The fourth-order valence-electron chi connectivity index (χ4n) is 1.91. The van der Waals surface area contributed by atoms with E-state index in [2.05, 4.69) is 15.6 Å². The first kappa shape index (κ1) is 14.2. The normalized spacial score (nSPS) is 10.7. The number of anilines is 1. The van der Waals surface area contributed by atoms with Crippen LogP contribution in [0.2, 0.25) is 0 Å². The molecule has 0 aliphatic heterocycles. The largest absolute Gasteiger partial charge is 0.506 e. The van der Waals surface area contributed by atoms with Gasteiger partial charge in [-0.15, -0.1) is 0 Å². The monoisotopic (exact) mass is 274 g/mol. The Morgan fingerprint density at radius 3 is 2.95 bits per heavy atom. The molecule has 2 rings (SSSR count). The van der Waals surface area contributed by atoms with Crippen LogP contribution in [-0.2, 0) is 4.79 Å². The van der Waals surface area contributed by atoms with E-state index in [4.69, 9.17) is 5.73 Å². The topological polar surface area (TPSA) is 100 Å². The molecule has 0 radical (unpaired) electrons. The van der Waals surface area contributed by atoms with Crippen molar-refractivity contribution in [3.8, 4) is 5.75 Å². The van der Waals surface area contributed by atoms with Gasteiger partial charge in [-0.1, -0.05) is 0 Å². The number of carbonyl (C=O) groups excluding carboxylic acids is 1. The highest BCUT2D eigenvalue weighted by Crippen LogP contribution is 2.28. The minimum absolute atomic E-state index is 0.0923. The first-order valence-electron chi connectivity index (χ1n) is 6.49. The highest BCUT2D eigenvalue weighted by molar-refractivity contribution is 6.02. The number of hydrogen-bond acceptors (Lipinski definition) is 5. The molecule has 0 bridgehead atoms. The minimum atomic E-state index is -0.0923. The van der Waals surface area contributed by atoms with Crippen LogP contribution in [-0.4, -0.2) is 35.6 Å². The van der Waals surface area contributed by atoms with Crippen molar-refractivity contribution in [1.29, 1.82) is 0 Å². The zero-order chi connectivity index (χ0) is 14.4. The molecule has 106 valence electrons. The second-order valence-corrected chi connectivity index (χ2v) is 4.37. The molecule has 1 aromatic heterocycles. The van der Waals surface area contributed by atoms with Gasteiger partial charge in [0.05, 0.1) is 5.69 Å². The van der Waals surface area contributed by atoms with Crippen molar-refractivity contribution in [3.05, 3.63) is 30.5 Å². The fourth-order valence-corrected chi connectivity index (χ4v) is 1.91. The first-order chi connectivity index (χ1) is 9.72. The first-order valence-corrected chi connectivity index (χ1v) is 6.49. The van der Waals surface area contributed by atoms with Crippen LogP contribution in [0.4, 0.5) is 5.69 Å². The molecule has 0 saturated heterocycles. The summed E-state index contributed by atoms with van der Waals surface area (Å²) in [5.41, 5.74) is 6.48. The summed E-state index contributed by atoms with van der Waals surface area (Å²) in [7, 11) is 0. The van der Waals surface area contributed by atoms with Crippen LogP contribution < -0.4 is 16.4 Å². The van der Waals surface area contributed by atoms with E-state index in [0.717, 1.165) is 5.39 Å². The Morgan fingerprint density at radius 2 is 2.15 bits per heavy atom. The van der Waals surface area contributed by atoms with E-state index in [0.29, 0.717) is 37.3 Å². The smallest absolute Gasteiger partial charge is 0.225 e. The lowest BCUT2D eigenvalue weighted by molar-refractivity contribution is -0.116. The van der Waals surface area contributed by atoms with Crippen LogP contribution in [0.3, 0.4) is 0 Å². The zero-order valence-electron chi connectivity index (χ0n) is 11.1. The predicted octanol–water partition coefficient (Wildman–Crippen LogP) is 0.817. The van der Waals surface area contributed by atoms with E-state index in [-0.39, 0.29) is 11.7 Å². The summed E-state index contributed by atoms with van der Waals surface area (Å²) in [5.74, 6) is 0.00794. The van der Waals surface area contributed by atoms with Crippen molar-refractivity contribution in [2.45, 2.75) is 6.42 Å². The van der Waals surface area contributed by atoms with Crippen LogP contribution in [0, 0.1) is 0 Å². The van der Waals surface area contributed by atoms with Crippen molar-refractivity contribution in [1.82, 2.24) is 10.3 Å². The molecule has 0 unspecified atom stereocenters. The maximum Gasteiger partial charge on any atom is 0.225 e. The van der Waals surface area contributed by atoms with Gasteiger partial charge in [-0.05, 0) is 24.3 Å². The van der Waals surface area contributed by atoms with Crippen LogP contribution >= 0.6 is 0 Å². The molecular formula is C14H18N4O2. The van der Waals surface area contributed by atoms with Crippen LogP contribution in [0.1, 0.15) is 6.42 Å². The van der Waals surface area contributed by atoms with E-state index >= 15 is 0 Å². The third-order valence-electron chi connectivity index (χ3n) is 2.87. The number of amides is 1. The number of nitrogens with zero attached hydrogens (tertiary/aromatic N) is 1. The SMILES string of the molecule is NCCNCCC(=O)Nc1ccc(O)c2ncccc12.